The fourth-order valence-corrected chi connectivity index (χ4v) is 5.46. The van der Waals surface area contributed by atoms with Gasteiger partial charge >= 0.3 is 0 Å². The van der Waals surface area contributed by atoms with Gasteiger partial charge in [0.2, 0.25) is 10.0 Å². The quantitative estimate of drug-likeness (QED) is 0.590. The number of hydrogen-bond acceptors (Lipinski definition) is 6. The van der Waals surface area contributed by atoms with Gasteiger partial charge in [-0.25, -0.2) is 12.8 Å². The van der Waals surface area contributed by atoms with Crippen LogP contribution in [-0.4, -0.2) is 59.3 Å². The van der Waals surface area contributed by atoms with Crippen molar-refractivity contribution in [2.45, 2.75) is 17.0 Å². The number of piperazine rings is 1. The molecule has 1 aliphatic heterocycles. The molecule has 0 bridgehead atoms. The molecule has 1 aliphatic rings. The van der Waals surface area contributed by atoms with Crippen LogP contribution in [0.15, 0.2) is 52.6 Å². The Morgan fingerprint density at radius 2 is 1.79 bits per heavy atom. The van der Waals surface area contributed by atoms with E-state index in [1.54, 1.807) is 34.9 Å². The van der Waals surface area contributed by atoms with E-state index in [1.807, 2.05) is 6.92 Å². The van der Waals surface area contributed by atoms with Crippen molar-refractivity contribution >= 4 is 33.1 Å². The van der Waals surface area contributed by atoms with E-state index < -0.39 is 10.0 Å². The first kappa shape index (κ1) is 19.2. The van der Waals surface area contributed by atoms with E-state index in [0.717, 1.165) is 11.4 Å². The standard InChI is InChI=1S/C18H20FN5O2S2/c1-2-27-18-21-20-17-16(4-3-9-24(17)18)28(25,26)23-12-10-22(11-13-23)15-7-5-14(19)6-8-15/h3-9H,2,10-13H2,1H3. The molecule has 148 valence electrons. The monoisotopic (exact) mass is 421 g/mol. The van der Waals surface area contributed by atoms with Crippen LogP contribution >= 0.6 is 11.8 Å². The minimum Gasteiger partial charge on any atom is -0.369 e. The van der Waals surface area contributed by atoms with Gasteiger partial charge in [-0.3, -0.25) is 4.40 Å². The van der Waals surface area contributed by atoms with E-state index in [0.29, 0.717) is 37.0 Å². The molecule has 0 aliphatic carbocycles. The highest BCUT2D eigenvalue weighted by Crippen LogP contribution is 2.25. The van der Waals surface area contributed by atoms with Crippen LogP contribution in [0.5, 0.6) is 0 Å². The molecule has 0 saturated carbocycles. The zero-order valence-corrected chi connectivity index (χ0v) is 17.0. The molecule has 1 fully saturated rings. The van der Waals surface area contributed by atoms with Crippen LogP contribution in [0.4, 0.5) is 10.1 Å². The predicted molar refractivity (Wildman–Crippen MR) is 107 cm³/mol. The van der Waals surface area contributed by atoms with Crippen molar-refractivity contribution in [1.29, 1.82) is 0 Å². The van der Waals surface area contributed by atoms with Gasteiger partial charge in [0, 0.05) is 38.1 Å². The van der Waals surface area contributed by atoms with Gasteiger partial charge in [0.05, 0.1) is 0 Å². The lowest BCUT2D eigenvalue weighted by atomic mass is 10.2. The molecule has 3 aromatic rings. The zero-order valence-electron chi connectivity index (χ0n) is 15.3. The number of thioether (sulfide) groups is 1. The largest absolute Gasteiger partial charge is 0.369 e. The summed E-state index contributed by atoms with van der Waals surface area (Å²) in [5.74, 6) is 0.537. The van der Waals surface area contributed by atoms with Gasteiger partial charge in [-0.1, -0.05) is 18.7 Å². The van der Waals surface area contributed by atoms with Crippen molar-refractivity contribution in [3.8, 4) is 0 Å². The smallest absolute Gasteiger partial charge is 0.246 e. The molecule has 4 rings (SSSR count). The summed E-state index contributed by atoms with van der Waals surface area (Å²) in [6.45, 7) is 3.79. The van der Waals surface area contributed by atoms with Crippen molar-refractivity contribution in [1.82, 2.24) is 18.9 Å². The van der Waals surface area contributed by atoms with E-state index >= 15 is 0 Å². The Kier molecular flexibility index (Phi) is 5.26. The fraction of sp³-hybridized carbons (Fsp3) is 0.333. The molecule has 0 spiro atoms. The Labute approximate surface area is 167 Å². The molecule has 0 unspecified atom stereocenters. The number of halogens is 1. The molecule has 0 atom stereocenters. The van der Waals surface area contributed by atoms with Gasteiger partial charge in [-0.05, 0) is 42.2 Å². The average Bonchev–Trinajstić information content (AvgIpc) is 3.12. The van der Waals surface area contributed by atoms with Crippen LogP contribution < -0.4 is 4.90 Å². The summed E-state index contributed by atoms with van der Waals surface area (Å²) < 4.78 is 42.8. The normalized spacial score (nSPS) is 16.0. The molecule has 10 heteroatoms. The van der Waals surface area contributed by atoms with Crippen LogP contribution in [0.1, 0.15) is 6.92 Å². The van der Waals surface area contributed by atoms with Crippen LogP contribution in [0.2, 0.25) is 0 Å². The summed E-state index contributed by atoms with van der Waals surface area (Å²) in [5, 5.41) is 8.90. The summed E-state index contributed by atoms with van der Waals surface area (Å²) in [4.78, 5) is 2.22. The topological polar surface area (TPSA) is 70.8 Å². The third kappa shape index (κ3) is 3.47. The fourth-order valence-electron chi connectivity index (χ4n) is 3.28. The second kappa shape index (κ2) is 7.69. The van der Waals surface area contributed by atoms with Crippen LogP contribution in [0.25, 0.3) is 5.65 Å². The Balaban J connectivity index is 1.56. The lowest BCUT2D eigenvalue weighted by molar-refractivity contribution is 0.385. The molecular weight excluding hydrogens is 401 g/mol. The van der Waals surface area contributed by atoms with Gasteiger partial charge in [0.15, 0.2) is 10.8 Å². The second-order valence-electron chi connectivity index (χ2n) is 6.35. The highest BCUT2D eigenvalue weighted by Gasteiger charge is 2.31. The van der Waals surface area contributed by atoms with E-state index in [1.165, 1.54) is 28.2 Å². The summed E-state index contributed by atoms with van der Waals surface area (Å²) >= 11 is 1.51. The van der Waals surface area contributed by atoms with Crippen LogP contribution in [0, 0.1) is 5.82 Å². The summed E-state index contributed by atoms with van der Waals surface area (Å²) in [7, 11) is -3.69. The average molecular weight is 422 g/mol. The van der Waals surface area contributed by atoms with E-state index in [2.05, 4.69) is 15.1 Å². The van der Waals surface area contributed by atoms with Gasteiger partial charge in [-0.15, -0.1) is 10.2 Å². The van der Waals surface area contributed by atoms with Crippen molar-refractivity contribution in [2.24, 2.45) is 0 Å². The van der Waals surface area contributed by atoms with Gasteiger partial charge < -0.3 is 4.90 Å². The molecule has 0 amide bonds. The maximum absolute atomic E-state index is 13.2. The Morgan fingerprint density at radius 1 is 1.07 bits per heavy atom. The molecule has 0 N–H and O–H groups in total. The highest BCUT2D eigenvalue weighted by atomic mass is 32.2. The Hall–Kier alpha value is -2.17. The molecule has 3 heterocycles. The number of nitrogens with zero attached hydrogens (tertiary/aromatic N) is 5. The number of sulfonamides is 1. The van der Waals surface area contributed by atoms with Crippen molar-refractivity contribution in [2.75, 3.05) is 36.8 Å². The first-order valence-electron chi connectivity index (χ1n) is 8.98. The minimum absolute atomic E-state index is 0.167. The van der Waals surface area contributed by atoms with E-state index in [4.69, 9.17) is 0 Å². The molecule has 0 radical (unpaired) electrons. The summed E-state index contributed by atoms with van der Waals surface area (Å²) in [5.41, 5.74) is 1.23. The number of benzene rings is 1. The lowest BCUT2D eigenvalue weighted by Crippen LogP contribution is -2.48. The first-order valence-corrected chi connectivity index (χ1v) is 11.4. The zero-order chi connectivity index (χ0) is 19.7. The van der Waals surface area contributed by atoms with Crippen LogP contribution in [0.3, 0.4) is 0 Å². The third-order valence-electron chi connectivity index (χ3n) is 4.69. The summed E-state index contributed by atoms with van der Waals surface area (Å²) in [6.07, 6.45) is 1.78. The van der Waals surface area contributed by atoms with Crippen molar-refractivity contribution in [3.05, 3.63) is 48.4 Å². The Morgan fingerprint density at radius 3 is 2.46 bits per heavy atom. The molecule has 28 heavy (non-hydrogen) atoms. The minimum atomic E-state index is -3.69. The Bertz CT molecular complexity index is 1080. The molecule has 2 aromatic heterocycles. The summed E-state index contributed by atoms with van der Waals surface area (Å²) in [6, 6.07) is 9.53. The SMILES string of the molecule is CCSc1nnc2c(S(=O)(=O)N3CCN(c4ccc(F)cc4)CC3)cccn12. The number of rotatable bonds is 5. The van der Waals surface area contributed by atoms with Crippen LogP contribution in [-0.2, 0) is 10.0 Å². The molecule has 7 nitrogen and oxygen atoms in total. The lowest BCUT2D eigenvalue weighted by Gasteiger charge is -2.35. The number of pyridine rings is 1. The first-order chi connectivity index (χ1) is 13.5. The maximum atomic E-state index is 13.2. The van der Waals surface area contributed by atoms with Gasteiger partial charge in [0.1, 0.15) is 10.7 Å². The molecule has 1 saturated heterocycles. The second-order valence-corrected chi connectivity index (χ2v) is 9.49. The number of hydrogen-bond donors (Lipinski definition) is 0. The van der Waals surface area contributed by atoms with Crippen molar-refractivity contribution < 1.29 is 12.8 Å². The van der Waals surface area contributed by atoms with E-state index in [9.17, 15) is 12.8 Å². The van der Waals surface area contributed by atoms with E-state index in [-0.39, 0.29) is 10.7 Å². The number of fused-ring (bicyclic) bond motifs is 1. The third-order valence-corrected chi connectivity index (χ3v) is 7.43. The van der Waals surface area contributed by atoms with Crippen molar-refractivity contribution in [3.63, 3.8) is 0 Å². The predicted octanol–water partition coefficient (Wildman–Crippen LogP) is 2.49. The van der Waals surface area contributed by atoms with Gasteiger partial charge in [-0.2, -0.15) is 4.31 Å². The molecular formula is C18H20FN5O2S2. The maximum Gasteiger partial charge on any atom is 0.246 e. The van der Waals surface area contributed by atoms with Gasteiger partial charge in [0.25, 0.3) is 0 Å². The molecule has 1 aromatic carbocycles. The number of aromatic nitrogens is 3. The number of anilines is 1. The highest BCUT2D eigenvalue weighted by molar-refractivity contribution is 7.99.